The summed E-state index contributed by atoms with van der Waals surface area (Å²) in [5, 5.41) is 4.37. The third kappa shape index (κ3) is 2.66. The van der Waals surface area contributed by atoms with Crippen molar-refractivity contribution >= 4 is 22.7 Å². The Morgan fingerprint density at radius 3 is 2.53 bits per heavy atom. The average Bonchev–Trinajstić information content (AvgIpc) is 3.30. The van der Waals surface area contributed by atoms with Gasteiger partial charge in [0.1, 0.15) is 17.2 Å². The molecule has 0 fully saturated rings. The Morgan fingerprint density at radius 2 is 1.87 bits per heavy atom. The zero-order valence-corrected chi connectivity index (χ0v) is 16.3. The van der Waals surface area contributed by atoms with E-state index in [1.54, 1.807) is 37.3 Å². The van der Waals surface area contributed by atoms with Crippen LogP contribution in [0.15, 0.2) is 62.3 Å². The number of benzene rings is 2. The number of fused-ring (bicyclic) bond motifs is 2. The Labute approximate surface area is 170 Å². The van der Waals surface area contributed by atoms with E-state index in [-0.39, 0.29) is 22.6 Å². The number of carbonyl (C=O) groups excluding carboxylic acids is 1. The van der Waals surface area contributed by atoms with Gasteiger partial charge in [-0.25, -0.2) is 4.39 Å². The van der Waals surface area contributed by atoms with Crippen LogP contribution in [0.25, 0.3) is 11.0 Å². The van der Waals surface area contributed by atoms with E-state index in [1.165, 1.54) is 17.0 Å². The van der Waals surface area contributed by atoms with Crippen molar-refractivity contribution < 1.29 is 18.1 Å². The number of hydrogen-bond donors (Lipinski definition) is 0. The molecule has 0 saturated carbocycles. The molecule has 30 heavy (non-hydrogen) atoms. The van der Waals surface area contributed by atoms with Crippen molar-refractivity contribution in [1.82, 2.24) is 5.16 Å². The van der Waals surface area contributed by atoms with Crippen molar-refractivity contribution in [2.45, 2.75) is 26.3 Å². The highest BCUT2D eigenvalue weighted by atomic mass is 19.1. The largest absolute Gasteiger partial charge is 0.450 e. The summed E-state index contributed by atoms with van der Waals surface area (Å²) in [6.45, 7) is 3.71. The maximum atomic E-state index is 13.6. The lowest BCUT2D eigenvalue weighted by Gasteiger charge is -2.22. The first-order chi connectivity index (χ1) is 14.5. The molecule has 5 rings (SSSR count). The molecule has 6 nitrogen and oxygen atoms in total. The second-order valence-electron chi connectivity index (χ2n) is 7.28. The minimum Gasteiger partial charge on any atom is -0.450 e. The van der Waals surface area contributed by atoms with Gasteiger partial charge in [-0.05, 0) is 48.7 Å². The Balaban J connectivity index is 1.81. The number of amides is 1. The number of rotatable bonds is 3. The third-order valence-corrected chi connectivity index (χ3v) is 5.39. The summed E-state index contributed by atoms with van der Waals surface area (Å²) in [6.07, 6.45) is 0.761. The second-order valence-corrected chi connectivity index (χ2v) is 7.28. The molecule has 0 spiro atoms. The number of carbonyl (C=O) groups is 1. The van der Waals surface area contributed by atoms with Gasteiger partial charge in [0, 0.05) is 6.07 Å². The van der Waals surface area contributed by atoms with E-state index in [4.69, 9.17) is 8.94 Å². The molecule has 2 aromatic carbocycles. The second kappa shape index (κ2) is 6.66. The van der Waals surface area contributed by atoms with E-state index in [0.29, 0.717) is 22.3 Å². The van der Waals surface area contributed by atoms with Gasteiger partial charge < -0.3 is 8.94 Å². The molecule has 0 bridgehead atoms. The number of halogens is 1. The molecule has 2 aromatic heterocycles. The molecule has 0 unspecified atom stereocenters. The highest BCUT2D eigenvalue weighted by molar-refractivity contribution is 6.10. The number of aryl methyl sites for hydroxylation is 2. The molecule has 0 N–H and O–H groups in total. The monoisotopic (exact) mass is 404 g/mol. The van der Waals surface area contributed by atoms with Gasteiger partial charge in [-0.2, -0.15) is 0 Å². The minimum absolute atomic E-state index is 0.0354. The average molecular weight is 404 g/mol. The van der Waals surface area contributed by atoms with Crippen molar-refractivity contribution in [1.29, 1.82) is 0 Å². The number of nitrogens with zero attached hydrogens (tertiary/aromatic N) is 2. The van der Waals surface area contributed by atoms with Crippen molar-refractivity contribution in [3.05, 3.63) is 92.8 Å². The summed E-state index contributed by atoms with van der Waals surface area (Å²) in [5.41, 5.74) is 1.84. The van der Waals surface area contributed by atoms with Crippen molar-refractivity contribution in [2.24, 2.45) is 0 Å². The summed E-state index contributed by atoms with van der Waals surface area (Å²) in [4.78, 5) is 28.2. The standard InChI is InChI=1S/C23H17FN2O4/c1-3-13-4-9-17-16(11-13)21(27)19-20(14-5-7-15(24)8-6-14)26(23(28)22(19)29-17)18-10-12(2)30-25-18/h4-11,20H,3H2,1-2H3/t20-/m0/s1. The predicted molar refractivity (Wildman–Crippen MR) is 108 cm³/mol. The molecule has 1 amide bonds. The van der Waals surface area contributed by atoms with Gasteiger partial charge >= 0.3 is 0 Å². The van der Waals surface area contributed by atoms with Crippen LogP contribution in [0, 0.1) is 12.7 Å². The zero-order valence-electron chi connectivity index (χ0n) is 16.3. The van der Waals surface area contributed by atoms with E-state index in [9.17, 15) is 14.0 Å². The fourth-order valence-corrected chi connectivity index (χ4v) is 3.90. The fourth-order valence-electron chi connectivity index (χ4n) is 3.90. The Morgan fingerprint density at radius 1 is 1.10 bits per heavy atom. The van der Waals surface area contributed by atoms with Crippen molar-refractivity contribution in [3.63, 3.8) is 0 Å². The van der Waals surface area contributed by atoms with Crippen LogP contribution in [0.2, 0.25) is 0 Å². The van der Waals surface area contributed by atoms with Crippen molar-refractivity contribution in [3.8, 4) is 0 Å². The fraction of sp³-hybridized carbons (Fsp3) is 0.174. The number of aromatic nitrogens is 1. The topological polar surface area (TPSA) is 76.6 Å². The molecule has 1 aliphatic heterocycles. The Kier molecular flexibility index (Phi) is 4.06. The summed E-state index contributed by atoms with van der Waals surface area (Å²) in [7, 11) is 0. The highest BCUT2D eigenvalue weighted by Crippen LogP contribution is 2.41. The summed E-state index contributed by atoms with van der Waals surface area (Å²) >= 11 is 0. The normalized spacial score (nSPS) is 15.8. The smallest absolute Gasteiger partial charge is 0.296 e. The lowest BCUT2D eigenvalue weighted by Crippen LogP contribution is -2.29. The summed E-state index contributed by atoms with van der Waals surface area (Å²) < 4.78 is 24.6. The predicted octanol–water partition coefficient (Wildman–Crippen LogP) is 4.54. The van der Waals surface area contributed by atoms with Crippen LogP contribution in [0.3, 0.4) is 0 Å². The maximum Gasteiger partial charge on any atom is 0.296 e. The van der Waals surface area contributed by atoms with Crippen LogP contribution < -0.4 is 10.3 Å². The maximum absolute atomic E-state index is 13.6. The molecule has 4 aromatic rings. The molecule has 0 aliphatic carbocycles. The highest BCUT2D eigenvalue weighted by Gasteiger charge is 2.44. The van der Waals surface area contributed by atoms with Gasteiger partial charge in [0.2, 0.25) is 5.76 Å². The number of anilines is 1. The molecular weight excluding hydrogens is 387 g/mol. The quantitative estimate of drug-likeness (QED) is 0.501. The van der Waals surface area contributed by atoms with Gasteiger partial charge in [0.25, 0.3) is 5.91 Å². The molecular formula is C23H17FN2O4. The van der Waals surface area contributed by atoms with Crippen LogP contribution in [-0.2, 0) is 6.42 Å². The first-order valence-corrected chi connectivity index (χ1v) is 9.60. The van der Waals surface area contributed by atoms with Crippen LogP contribution in [0.5, 0.6) is 0 Å². The SMILES string of the molecule is CCc1ccc2oc3c(c(=O)c2c1)[C@H](c1ccc(F)cc1)N(c1cc(C)on1)C3=O. The first-order valence-electron chi connectivity index (χ1n) is 9.60. The minimum atomic E-state index is -0.802. The third-order valence-electron chi connectivity index (χ3n) is 5.39. The van der Waals surface area contributed by atoms with Gasteiger partial charge in [0.15, 0.2) is 11.2 Å². The van der Waals surface area contributed by atoms with Crippen LogP contribution in [-0.4, -0.2) is 11.1 Å². The summed E-state index contributed by atoms with van der Waals surface area (Å²) in [5.74, 6) is -0.164. The van der Waals surface area contributed by atoms with Gasteiger partial charge in [-0.3, -0.25) is 14.5 Å². The van der Waals surface area contributed by atoms with E-state index >= 15 is 0 Å². The molecule has 0 radical (unpaired) electrons. The molecule has 0 saturated heterocycles. The van der Waals surface area contributed by atoms with E-state index in [1.807, 2.05) is 13.0 Å². The lowest BCUT2D eigenvalue weighted by molar-refractivity contribution is 0.0969. The van der Waals surface area contributed by atoms with Crippen LogP contribution in [0.4, 0.5) is 10.2 Å². The van der Waals surface area contributed by atoms with E-state index in [2.05, 4.69) is 5.16 Å². The van der Waals surface area contributed by atoms with Gasteiger partial charge in [0.05, 0.1) is 17.0 Å². The van der Waals surface area contributed by atoms with Crippen LogP contribution in [0.1, 0.15) is 46.0 Å². The van der Waals surface area contributed by atoms with Gasteiger partial charge in [-0.1, -0.05) is 30.3 Å². The first kappa shape index (κ1) is 18.3. The van der Waals surface area contributed by atoms with E-state index in [0.717, 1.165) is 12.0 Å². The number of hydrogen-bond acceptors (Lipinski definition) is 5. The lowest BCUT2D eigenvalue weighted by atomic mass is 9.98. The zero-order chi connectivity index (χ0) is 21.0. The molecule has 150 valence electrons. The van der Waals surface area contributed by atoms with Crippen molar-refractivity contribution in [2.75, 3.05) is 4.90 Å². The molecule has 3 heterocycles. The molecule has 1 atom stereocenters. The molecule has 7 heteroatoms. The van der Waals surface area contributed by atoms with E-state index < -0.39 is 17.8 Å². The molecule has 1 aliphatic rings. The Bertz CT molecular complexity index is 1350. The summed E-state index contributed by atoms with van der Waals surface area (Å²) in [6, 6.07) is 11.9. The van der Waals surface area contributed by atoms with Gasteiger partial charge in [-0.15, -0.1) is 0 Å². The van der Waals surface area contributed by atoms with Crippen LogP contribution >= 0.6 is 0 Å². The Hall–Kier alpha value is -3.74.